The van der Waals surface area contributed by atoms with Gasteiger partial charge >= 0.3 is 0 Å². The van der Waals surface area contributed by atoms with Gasteiger partial charge in [-0.15, -0.1) is 6.58 Å². The third-order valence-electron chi connectivity index (χ3n) is 4.50. The van der Waals surface area contributed by atoms with Gasteiger partial charge in [0.1, 0.15) is 6.04 Å². The largest absolute Gasteiger partial charge is 0.344 e. The lowest BCUT2D eigenvalue weighted by molar-refractivity contribution is -0.127. The Labute approximate surface area is 184 Å². The Kier molecular flexibility index (Phi) is 8.96. The zero-order valence-corrected chi connectivity index (χ0v) is 18.6. The first kappa shape index (κ1) is 24.3. The van der Waals surface area contributed by atoms with Crippen LogP contribution in [0.5, 0.6) is 0 Å². The second-order valence-corrected chi connectivity index (χ2v) is 9.34. The van der Waals surface area contributed by atoms with E-state index in [9.17, 15) is 18.0 Å². The van der Waals surface area contributed by atoms with Crippen LogP contribution in [0.15, 0.2) is 67.3 Å². The minimum absolute atomic E-state index is 0.111. The fraction of sp³-hybridized carbons (Fsp3) is 0.304. The van der Waals surface area contributed by atoms with Crippen molar-refractivity contribution in [3.05, 3.63) is 78.4 Å². The molecule has 1 unspecified atom stereocenters. The zero-order valence-electron chi connectivity index (χ0n) is 17.8. The third kappa shape index (κ3) is 8.35. The molecule has 0 aromatic heterocycles. The van der Waals surface area contributed by atoms with Crippen LogP contribution in [0.3, 0.4) is 0 Å². The van der Waals surface area contributed by atoms with Crippen LogP contribution in [0, 0.1) is 5.92 Å². The molecule has 0 aliphatic rings. The molecule has 1 atom stereocenters. The number of anilines is 1. The lowest BCUT2D eigenvalue weighted by Crippen LogP contribution is -2.47. The van der Waals surface area contributed by atoms with Gasteiger partial charge in [0.15, 0.2) is 0 Å². The van der Waals surface area contributed by atoms with Crippen molar-refractivity contribution >= 4 is 27.5 Å². The molecule has 0 heterocycles. The average Bonchev–Trinajstić information content (AvgIpc) is 2.72. The number of hydrogen-bond donors (Lipinski definition) is 3. The van der Waals surface area contributed by atoms with Gasteiger partial charge in [0.05, 0.1) is 12.2 Å². The summed E-state index contributed by atoms with van der Waals surface area (Å²) in [7, 11) is -3.45. The Morgan fingerprint density at radius 2 is 1.65 bits per heavy atom. The monoisotopic (exact) mass is 443 g/mol. The minimum atomic E-state index is -3.45. The molecule has 0 radical (unpaired) electrons. The van der Waals surface area contributed by atoms with Crippen LogP contribution in [0.25, 0.3) is 0 Å². The normalized spacial score (nSPS) is 12.2. The summed E-state index contributed by atoms with van der Waals surface area (Å²) in [6.07, 6.45) is 1.67. The molecule has 2 rings (SSSR count). The van der Waals surface area contributed by atoms with Crippen molar-refractivity contribution in [2.75, 3.05) is 11.9 Å². The van der Waals surface area contributed by atoms with Gasteiger partial charge in [0.2, 0.25) is 21.8 Å². The maximum Gasteiger partial charge on any atom is 0.247 e. The topological polar surface area (TPSA) is 104 Å². The van der Waals surface area contributed by atoms with E-state index in [0.29, 0.717) is 11.3 Å². The molecule has 3 N–H and O–H groups in total. The lowest BCUT2D eigenvalue weighted by atomic mass is 10.0. The maximum absolute atomic E-state index is 12.7. The van der Waals surface area contributed by atoms with Gasteiger partial charge in [0.25, 0.3) is 0 Å². The first-order chi connectivity index (χ1) is 14.7. The molecule has 0 saturated carbocycles. The molecule has 7 nitrogen and oxygen atoms in total. The highest BCUT2D eigenvalue weighted by Crippen LogP contribution is 2.14. The molecule has 0 bridgehead atoms. The molecule has 0 aliphatic carbocycles. The summed E-state index contributed by atoms with van der Waals surface area (Å²) in [5, 5.41) is 5.59. The molecule has 0 fully saturated rings. The first-order valence-electron chi connectivity index (χ1n) is 10.0. The standard InChI is InChI=1S/C23H29N3O4S/c1-4-14-24-31(29,30)16-19-10-12-20(13-11-19)25-23(28)22(17(2)3)26-21(27)15-18-8-6-5-7-9-18/h4-13,17,22,24H,1,14-16H2,2-3H3,(H,25,28)(H,26,27). The molecular weight excluding hydrogens is 414 g/mol. The maximum atomic E-state index is 12.7. The van der Waals surface area contributed by atoms with Crippen LogP contribution in [0.1, 0.15) is 25.0 Å². The highest BCUT2D eigenvalue weighted by atomic mass is 32.2. The fourth-order valence-corrected chi connectivity index (χ4v) is 4.01. The van der Waals surface area contributed by atoms with Gasteiger partial charge in [0, 0.05) is 12.2 Å². The quantitative estimate of drug-likeness (QED) is 0.464. The van der Waals surface area contributed by atoms with E-state index >= 15 is 0 Å². The molecule has 0 aliphatic heterocycles. The van der Waals surface area contributed by atoms with Gasteiger partial charge in [-0.2, -0.15) is 0 Å². The second-order valence-electron chi connectivity index (χ2n) is 7.53. The molecule has 2 amide bonds. The van der Waals surface area contributed by atoms with E-state index in [2.05, 4.69) is 21.9 Å². The third-order valence-corrected chi connectivity index (χ3v) is 5.82. The first-order valence-corrected chi connectivity index (χ1v) is 11.7. The van der Waals surface area contributed by atoms with E-state index in [-0.39, 0.29) is 36.5 Å². The van der Waals surface area contributed by atoms with Crippen molar-refractivity contribution in [3.8, 4) is 0 Å². The Morgan fingerprint density at radius 1 is 1.00 bits per heavy atom. The van der Waals surface area contributed by atoms with Crippen LogP contribution in [-0.2, 0) is 31.8 Å². The van der Waals surface area contributed by atoms with Gasteiger partial charge in [-0.3, -0.25) is 9.59 Å². The van der Waals surface area contributed by atoms with Crippen molar-refractivity contribution in [2.24, 2.45) is 5.92 Å². The van der Waals surface area contributed by atoms with Gasteiger partial charge in [-0.25, -0.2) is 13.1 Å². The van der Waals surface area contributed by atoms with Crippen LogP contribution in [0.4, 0.5) is 5.69 Å². The van der Waals surface area contributed by atoms with Crippen molar-refractivity contribution in [3.63, 3.8) is 0 Å². The van der Waals surface area contributed by atoms with Crippen LogP contribution < -0.4 is 15.4 Å². The molecule has 2 aromatic rings. The summed E-state index contributed by atoms with van der Waals surface area (Å²) in [4.78, 5) is 25.1. The van der Waals surface area contributed by atoms with E-state index in [4.69, 9.17) is 0 Å². The smallest absolute Gasteiger partial charge is 0.247 e. The number of carbonyl (C=O) groups excluding carboxylic acids is 2. The Hall–Kier alpha value is -2.97. The summed E-state index contributed by atoms with van der Waals surface area (Å²) < 4.78 is 26.3. The van der Waals surface area contributed by atoms with Crippen LogP contribution in [-0.4, -0.2) is 32.8 Å². The number of hydrogen-bond acceptors (Lipinski definition) is 4. The summed E-state index contributed by atoms with van der Waals surface area (Å²) in [5.74, 6) is -0.837. The number of benzene rings is 2. The van der Waals surface area contributed by atoms with E-state index in [1.54, 1.807) is 24.3 Å². The zero-order chi connectivity index (χ0) is 22.9. The van der Waals surface area contributed by atoms with E-state index in [1.165, 1.54) is 6.08 Å². The molecular formula is C23H29N3O4S. The predicted octanol–water partition coefficient (Wildman–Crippen LogP) is 2.61. The van der Waals surface area contributed by atoms with Gasteiger partial charge in [-0.1, -0.05) is 62.4 Å². The van der Waals surface area contributed by atoms with E-state index < -0.39 is 16.1 Å². The Bertz CT molecular complexity index is 987. The number of nitrogens with one attached hydrogen (secondary N) is 3. The second kappa shape index (κ2) is 11.4. The summed E-state index contributed by atoms with van der Waals surface area (Å²) >= 11 is 0. The number of sulfonamides is 1. The van der Waals surface area contributed by atoms with E-state index in [1.807, 2.05) is 44.2 Å². The van der Waals surface area contributed by atoms with Gasteiger partial charge in [-0.05, 0) is 29.2 Å². The predicted molar refractivity (Wildman–Crippen MR) is 123 cm³/mol. The molecule has 0 spiro atoms. The van der Waals surface area contributed by atoms with Crippen LogP contribution in [0.2, 0.25) is 0 Å². The highest BCUT2D eigenvalue weighted by Gasteiger charge is 2.24. The minimum Gasteiger partial charge on any atom is -0.344 e. The molecule has 8 heteroatoms. The molecule has 166 valence electrons. The highest BCUT2D eigenvalue weighted by molar-refractivity contribution is 7.88. The number of carbonyl (C=O) groups is 2. The lowest BCUT2D eigenvalue weighted by Gasteiger charge is -2.22. The summed E-state index contributed by atoms with van der Waals surface area (Å²) in [6, 6.07) is 15.2. The van der Waals surface area contributed by atoms with Crippen molar-refractivity contribution in [1.29, 1.82) is 0 Å². The van der Waals surface area contributed by atoms with Crippen LogP contribution >= 0.6 is 0 Å². The van der Waals surface area contributed by atoms with Gasteiger partial charge < -0.3 is 10.6 Å². The Balaban J connectivity index is 1.97. The summed E-state index contributed by atoms with van der Waals surface area (Å²) in [6.45, 7) is 7.37. The molecule has 0 saturated heterocycles. The summed E-state index contributed by atoms with van der Waals surface area (Å²) in [5.41, 5.74) is 1.98. The molecule has 31 heavy (non-hydrogen) atoms. The molecule has 2 aromatic carbocycles. The van der Waals surface area contributed by atoms with Crippen molar-refractivity contribution in [2.45, 2.75) is 32.1 Å². The Morgan fingerprint density at radius 3 is 2.23 bits per heavy atom. The van der Waals surface area contributed by atoms with E-state index in [0.717, 1.165) is 5.56 Å². The fourth-order valence-electron chi connectivity index (χ4n) is 2.90. The van der Waals surface area contributed by atoms with Crippen molar-refractivity contribution in [1.82, 2.24) is 10.0 Å². The number of rotatable bonds is 11. The average molecular weight is 444 g/mol. The SMILES string of the molecule is C=CCNS(=O)(=O)Cc1ccc(NC(=O)C(NC(=O)Cc2ccccc2)C(C)C)cc1. The number of amides is 2. The van der Waals surface area contributed by atoms with Crippen molar-refractivity contribution < 1.29 is 18.0 Å².